The van der Waals surface area contributed by atoms with Crippen molar-refractivity contribution in [2.75, 3.05) is 37.6 Å². The van der Waals surface area contributed by atoms with Gasteiger partial charge in [0.2, 0.25) is 5.91 Å². The first-order valence-electron chi connectivity index (χ1n) is 7.95. The first-order valence-corrected chi connectivity index (χ1v) is 7.95. The van der Waals surface area contributed by atoms with Crippen LogP contribution in [0.25, 0.3) is 0 Å². The molecule has 1 aromatic heterocycles. The van der Waals surface area contributed by atoms with Crippen LogP contribution >= 0.6 is 0 Å². The lowest BCUT2D eigenvalue weighted by molar-refractivity contribution is -0.132. The third-order valence-corrected chi connectivity index (χ3v) is 4.50. The molecule has 0 aromatic carbocycles. The molecule has 1 aromatic rings. The Labute approximate surface area is 126 Å². The second-order valence-electron chi connectivity index (χ2n) is 5.88. The van der Waals surface area contributed by atoms with Crippen LogP contribution < -0.4 is 10.2 Å². The monoisotopic (exact) mass is 288 g/mol. The molecule has 3 heterocycles. The lowest BCUT2D eigenvalue weighted by Crippen LogP contribution is -2.45. The predicted octanol–water partition coefficient (Wildman–Crippen LogP) is 1.56. The highest BCUT2D eigenvalue weighted by molar-refractivity contribution is 5.74. The average Bonchev–Trinajstić information content (AvgIpc) is 2.55. The molecule has 0 spiro atoms. The Balaban J connectivity index is 1.91. The Hall–Kier alpha value is -1.62. The third-order valence-electron chi connectivity index (χ3n) is 4.50. The highest BCUT2D eigenvalue weighted by atomic mass is 16.2. The number of piperidine rings is 1. The largest absolute Gasteiger partial charge is 0.354 e. The number of nitrogens with zero attached hydrogens (tertiary/aromatic N) is 3. The number of hydrogen-bond donors (Lipinski definition) is 1. The number of piperazine rings is 1. The molecule has 1 amide bonds. The lowest BCUT2D eigenvalue weighted by atomic mass is 9.95. The van der Waals surface area contributed by atoms with Gasteiger partial charge in [-0.2, -0.15) is 0 Å². The van der Waals surface area contributed by atoms with Gasteiger partial charge in [-0.25, -0.2) is 4.98 Å². The molecule has 5 heteroatoms. The zero-order valence-electron chi connectivity index (χ0n) is 12.7. The fourth-order valence-corrected chi connectivity index (χ4v) is 3.44. The molecule has 114 valence electrons. The Morgan fingerprint density at radius 2 is 2.10 bits per heavy atom. The summed E-state index contributed by atoms with van der Waals surface area (Å²) in [6.45, 7) is 6.51. The number of likely N-dealkylation sites (tertiary alicyclic amines) is 1. The van der Waals surface area contributed by atoms with E-state index >= 15 is 0 Å². The van der Waals surface area contributed by atoms with Crippen molar-refractivity contribution in [3.63, 3.8) is 0 Å². The Bertz CT molecular complexity index is 499. The number of carbonyl (C=O) groups is 1. The molecule has 21 heavy (non-hydrogen) atoms. The summed E-state index contributed by atoms with van der Waals surface area (Å²) in [5.41, 5.74) is 1.22. The zero-order chi connectivity index (χ0) is 14.7. The SMILES string of the molecule is CC(=O)N1CCCC[C@H]1c1cccnc1N1CCNCC1. The summed E-state index contributed by atoms with van der Waals surface area (Å²) in [4.78, 5) is 20.9. The zero-order valence-corrected chi connectivity index (χ0v) is 12.7. The summed E-state index contributed by atoms with van der Waals surface area (Å²) in [7, 11) is 0. The predicted molar refractivity (Wildman–Crippen MR) is 83.3 cm³/mol. The van der Waals surface area contributed by atoms with Gasteiger partial charge in [-0.1, -0.05) is 6.07 Å². The second kappa shape index (κ2) is 6.43. The number of amides is 1. The van der Waals surface area contributed by atoms with Crippen LogP contribution in [0.2, 0.25) is 0 Å². The summed E-state index contributed by atoms with van der Waals surface area (Å²) < 4.78 is 0. The molecule has 2 aliphatic heterocycles. The van der Waals surface area contributed by atoms with Crippen molar-refractivity contribution < 1.29 is 4.79 Å². The van der Waals surface area contributed by atoms with E-state index in [1.54, 1.807) is 6.92 Å². The van der Waals surface area contributed by atoms with Gasteiger partial charge in [0.15, 0.2) is 0 Å². The van der Waals surface area contributed by atoms with Crippen molar-refractivity contribution >= 4 is 11.7 Å². The summed E-state index contributed by atoms with van der Waals surface area (Å²) in [5.74, 6) is 1.24. The third kappa shape index (κ3) is 3.02. The van der Waals surface area contributed by atoms with Gasteiger partial charge in [0.25, 0.3) is 0 Å². The van der Waals surface area contributed by atoms with E-state index in [4.69, 9.17) is 0 Å². The Kier molecular flexibility index (Phi) is 4.39. The molecule has 0 unspecified atom stereocenters. The van der Waals surface area contributed by atoms with Crippen LogP contribution in [0, 0.1) is 0 Å². The molecule has 0 radical (unpaired) electrons. The summed E-state index contributed by atoms with van der Waals surface area (Å²) in [6, 6.07) is 4.33. The van der Waals surface area contributed by atoms with E-state index in [0.717, 1.165) is 51.4 Å². The number of pyridine rings is 1. The van der Waals surface area contributed by atoms with Crippen LogP contribution in [0.3, 0.4) is 0 Å². The van der Waals surface area contributed by atoms with Gasteiger partial charge in [0.1, 0.15) is 5.82 Å². The van der Waals surface area contributed by atoms with Gasteiger partial charge >= 0.3 is 0 Å². The van der Waals surface area contributed by atoms with Gasteiger partial charge in [0.05, 0.1) is 6.04 Å². The molecule has 1 N–H and O–H groups in total. The fraction of sp³-hybridized carbons (Fsp3) is 0.625. The van der Waals surface area contributed by atoms with Crippen LogP contribution in [0.5, 0.6) is 0 Å². The van der Waals surface area contributed by atoms with Gasteiger partial charge in [-0.3, -0.25) is 4.79 Å². The summed E-state index contributed by atoms with van der Waals surface area (Å²) >= 11 is 0. The molecule has 3 rings (SSSR count). The number of aromatic nitrogens is 1. The number of anilines is 1. The molecular formula is C16H24N4O. The fourth-order valence-electron chi connectivity index (χ4n) is 3.44. The maximum absolute atomic E-state index is 12.0. The molecule has 1 atom stereocenters. The van der Waals surface area contributed by atoms with Crippen molar-refractivity contribution in [2.24, 2.45) is 0 Å². The van der Waals surface area contributed by atoms with Crippen molar-refractivity contribution in [2.45, 2.75) is 32.2 Å². The minimum absolute atomic E-state index is 0.176. The van der Waals surface area contributed by atoms with Gasteiger partial charge < -0.3 is 15.1 Å². The van der Waals surface area contributed by atoms with E-state index in [2.05, 4.69) is 21.3 Å². The maximum Gasteiger partial charge on any atom is 0.219 e. The maximum atomic E-state index is 12.0. The molecule has 0 aliphatic carbocycles. The van der Waals surface area contributed by atoms with Gasteiger partial charge in [0, 0.05) is 51.4 Å². The number of hydrogen-bond acceptors (Lipinski definition) is 4. The van der Waals surface area contributed by atoms with Crippen LogP contribution in [0.15, 0.2) is 18.3 Å². The molecule has 0 saturated carbocycles. The second-order valence-corrected chi connectivity index (χ2v) is 5.88. The Morgan fingerprint density at radius 1 is 1.29 bits per heavy atom. The lowest BCUT2D eigenvalue weighted by Gasteiger charge is -2.38. The number of carbonyl (C=O) groups excluding carboxylic acids is 1. The van der Waals surface area contributed by atoms with Crippen molar-refractivity contribution in [3.05, 3.63) is 23.9 Å². The van der Waals surface area contributed by atoms with Crippen LogP contribution in [-0.4, -0.2) is 48.5 Å². The summed E-state index contributed by atoms with van der Waals surface area (Å²) in [6.07, 6.45) is 5.20. The van der Waals surface area contributed by atoms with Gasteiger partial charge in [-0.05, 0) is 25.3 Å². The molecule has 2 aliphatic rings. The van der Waals surface area contributed by atoms with E-state index in [0.29, 0.717) is 0 Å². The number of rotatable bonds is 2. The van der Waals surface area contributed by atoms with E-state index in [1.807, 2.05) is 17.2 Å². The molecule has 0 bridgehead atoms. The summed E-state index contributed by atoms with van der Waals surface area (Å²) in [5, 5.41) is 3.38. The van der Waals surface area contributed by atoms with Crippen LogP contribution in [-0.2, 0) is 4.79 Å². The van der Waals surface area contributed by atoms with Crippen molar-refractivity contribution in [1.29, 1.82) is 0 Å². The van der Waals surface area contributed by atoms with Crippen molar-refractivity contribution in [3.8, 4) is 0 Å². The molecule has 5 nitrogen and oxygen atoms in total. The highest BCUT2D eigenvalue weighted by Crippen LogP contribution is 2.35. The van der Waals surface area contributed by atoms with Crippen molar-refractivity contribution in [1.82, 2.24) is 15.2 Å². The van der Waals surface area contributed by atoms with E-state index < -0.39 is 0 Å². The number of nitrogens with one attached hydrogen (secondary N) is 1. The Morgan fingerprint density at radius 3 is 2.86 bits per heavy atom. The quantitative estimate of drug-likeness (QED) is 0.897. The van der Waals surface area contributed by atoms with E-state index in [9.17, 15) is 4.79 Å². The van der Waals surface area contributed by atoms with E-state index in [-0.39, 0.29) is 11.9 Å². The minimum Gasteiger partial charge on any atom is -0.354 e. The first kappa shape index (κ1) is 14.3. The normalized spacial score (nSPS) is 23.2. The first-order chi connectivity index (χ1) is 10.3. The van der Waals surface area contributed by atoms with Crippen LogP contribution in [0.4, 0.5) is 5.82 Å². The highest BCUT2D eigenvalue weighted by Gasteiger charge is 2.29. The topological polar surface area (TPSA) is 48.5 Å². The van der Waals surface area contributed by atoms with Crippen LogP contribution in [0.1, 0.15) is 37.8 Å². The average molecular weight is 288 g/mol. The van der Waals surface area contributed by atoms with Gasteiger partial charge in [-0.15, -0.1) is 0 Å². The minimum atomic E-state index is 0.176. The smallest absolute Gasteiger partial charge is 0.219 e. The molecular weight excluding hydrogens is 264 g/mol. The molecule has 2 saturated heterocycles. The standard InChI is InChI=1S/C16H24N4O/c1-13(21)20-10-3-2-6-15(20)14-5-4-7-18-16(14)19-11-8-17-9-12-19/h4-5,7,15,17H,2-3,6,8-12H2,1H3/t15-/m0/s1. The van der Waals surface area contributed by atoms with E-state index in [1.165, 1.54) is 12.0 Å². The molecule has 2 fully saturated rings.